The maximum atomic E-state index is 7.04. The minimum absolute atomic E-state index is 0.851. The molecule has 0 aliphatic heterocycles. The van der Waals surface area contributed by atoms with Crippen molar-refractivity contribution in [1.82, 2.24) is 4.57 Å². The van der Waals surface area contributed by atoms with E-state index in [1.165, 1.54) is 63.9 Å². The van der Waals surface area contributed by atoms with E-state index in [-0.39, 0.29) is 0 Å². The van der Waals surface area contributed by atoms with Crippen molar-refractivity contribution in [2.24, 2.45) is 0 Å². The zero-order chi connectivity index (χ0) is 44.7. The van der Waals surface area contributed by atoms with Gasteiger partial charge in [-0.25, -0.2) is 0 Å². The number of rotatable bonds is 7. The van der Waals surface area contributed by atoms with Crippen molar-refractivity contribution >= 4 is 103 Å². The lowest BCUT2D eigenvalue weighted by atomic mass is 9.96. The van der Waals surface area contributed by atoms with E-state index in [1.807, 2.05) is 11.3 Å². The monoisotopic (exact) mass is 884 g/mol. The maximum absolute atomic E-state index is 7.04. The SMILES string of the molecule is c1cc(-c2ccc3sc4ccccc4c3c2)cc(N(c2cccc(-c3cccc4ccccc34)c2)c2ccc3c(oc4ccccc43)c2-c2cccc(-n3c4ccccc4c4ccccc43)c2)c1. The largest absolute Gasteiger partial charge is 0.455 e. The number of para-hydroxylation sites is 3. The standard InChI is InChI=1S/C64H40N2OS/c1-2-23-49-41(15-1)16-14-28-50(49)44-18-12-21-47(38-44)65(46-20-11-17-42(37-46)43-33-36-62-56(40-43)54-27-6-10-32-61(54)68-62)59-35-34-55-53-26-5-9-31-60(53)67-64(55)63(59)45-19-13-22-48(39-45)66-57-29-7-3-24-51(57)52-25-4-8-30-58(52)66/h1-40H. The average Bonchev–Trinajstić information content (AvgIpc) is 4.08. The van der Waals surface area contributed by atoms with E-state index < -0.39 is 0 Å². The van der Waals surface area contributed by atoms with E-state index >= 15 is 0 Å². The van der Waals surface area contributed by atoms with E-state index in [9.17, 15) is 0 Å². The summed E-state index contributed by atoms with van der Waals surface area (Å²) in [4.78, 5) is 2.44. The molecule has 68 heavy (non-hydrogen) atoms. The Morgan fingerprint density at radius 2 is 0.971 bits per heavy atom. The predicted molar refractivity (Wildman–Crippen MR) is 289 cm³/mol. The van der Waals surface area contributed by atoms with Gasteiger partial charge < -0.3 is 13.9 Å². The molecule has 0 amide bonds. The molecule has 0 radical (unpaired) electrons. The summed E-state index contributed by atoms with van der Waals surface area (Å²) >= 11 is 1.85. The summed E-state index contributed by atoms with van der Waals surface area (Å²) < 4.78 is 12.0. The lowest BCUT2D eigenvalue weighted by molar-refractivity contribution is 0.670. The molecule has 0 spiro atoms. The van der Waals surface area contributed by atoms with Crippen LogP contribution < -0.4 is 4.90 Å². The molecule has 0 aliphatic rings. The second-order valence-electron chi connectivity index (χ2n) is 17.6. The number of furan rings is 1. The Morgan fingerprint density at radius 3 is 1.79 bits per heavy atom. The Balaban J connectivity index is 1.03. The number of hydrogen-bond acceptors (Lipinski definition) is 3. The molecule has 0 saturated heterocycles. The summed E-state index contributed by atoms with van der Waals surface area (Å²) in [6.45, 7) is 0. The molecule has 0 fully saturated rings. The normalized spacial score (nSPS) is 11.8. The van der Waals surface area contributed by atoms with Crippen LogP contribution in [0, 0.1) is 0 Å². The molecular formula is C64H40N2OS. The second kappa shape index (κ2) is 15.5. The Morgan fingerprint density at radius 1 is 0.368 bits per heavy atom. The third kappa shape index (κ3) is 6.12. The average molecular weight is 885 g/mol. The van der Waals surface area contributed by atoms with Gasteiger partial charge in [-0.15, -0.1) is 11.3 Å². The summed E-state index contributed by atoms with van der Waals surface area (Å²) in [5.74, 6) is 0. The van der Waals surface area contributed by atoms with Crippen molar-refractivity contribution in [2.45, 2.75) is 0 Å². The first-order valence-electron chi connectivity index (χ1n) is 23.2. The highest BCUT2D eigenvalue weighted by atomic mass is 32.1. The first-order chi connectivity index (χ1) is 33.7. The summed E-state index contributed by atoms with van der Waals surface area (Å²) in [5.41, 5.74) is 15.0. The molecular weight excluding hydrogens is 845 g/mol. The summed E-state index contributed by atoms with van der Waals surface area (Å²) in [5, 5.41) is 9.67. The van der Waals surface area contributed by atoms with Crippen molar-refractivity contribution in [3.05, 3.63) is 243 Å². The van der Waals surface area contributed by atoms with Crippen molar-refractivity contribution in [3.8, 4) is 39.1 Å². The maximum Gasteiger partial charge on any atom is 0.145 e. The van der Waals surface area contributed by atoms with Gasteiger partial charge in [0, 0.05) is 64.3 Å². The van der Waals surface area contributed by atoms with Crippen LogP contribution in [0.25, 0.3) is 114 Å². The third-order valence-electron chi connectivity index (χ3n) is 13.8. The number of aromatic nitrogens is 1. The van der Waals surface area contributed by atoms with E-state index in [0.717, 1.165) is 66.9 Å². The quantitative estimate of drug-likeness (QED) is 0.159. The molecule has 0 aliphatic carbocycles. The molecule has 4 heteroatoms. The Kier molecular flexibility index (Phi) is 8.76. The molecule has 3 heterocycles. The molecule has 318 valence electrons. The van der Waals surface area contributed by atoms with Gasteiger partial charge >= 0.3 is 0 Å². The van der Waals surface area contributed by atoms with E-state index in [1.54, 1.807) is 0 Å². The van der Waals surface area contributed by atoms with Gasteiger partial charge in [0.05, 0.1) is 16.7 Å². The van der Waals surface area contributed by atoms with Crippen molar-refractivity contribution in [1.29, 1.82) is 0 Å². The highest BCUT2D eigenvalue weighted by Gasteiger charge is 2.25. The molecule has 3 aromatic heterocycles. The van der Waals surface area contributed by atoms with Gasteiger partial charge in [0.2, 0.25) is 0 Å². The molecule has 14 rings (SSSR count). The van der Waals surface area contributed by atoms with E-state index in [4.69, 9.17) is 4.42 Å². The zero-order valence-electron chi connectivity index (χ0n) is 36.8. The third-order valence-corrected chi connectivity index (χ3v) is 14.9. The number of thiophene rings is 1. The second-order valence-corrected chi connectivity index (χ2v) is 18.7. The van der Waals surface area contributed by atoms with Crippen LogP contribution >= 0.6 is 11.3 Å². The predicted octanol–water partition coefficient (Wildman–Crippen LogP) is 18.7. The summed E-state index contributed by atoms with van der Waals surface area (Å²) in [7, 11) is 0. The van der Waals surface area contributed by atoms with Crippen LogP contribution in [0.5, 0.6) is 0 Å². The first-order valence-corrected chi connectivity index (χ1v) is 24.0. The zero-order valence-corrected chi connectivity index (χ0v) is 37.6. The van der Waals surface area contributed by atoms with Gasteiger partial charge in [-0.2, -0.15) is 0 Å². The van der Waals surface area contributed by atoms with Crippen molar-refractivity contribution in [3.63, 3.8) is 0 Å². The number of benzene rings is 11. The van der Waals surface area contributed by atoms with Gasteiger partial charge in [0.1, 0.15) is 11.2 Å². The summed E-state index contributed by atoms with van der Waals surface area (Å²) in [6.07, 6.45) is 0. The van der Waals surface area contributed by atoms with Gasteiger partial charge in [0.25, 0.3) is 0 Å². The minimum Gasteiger partial charge on any atom is -0.455 e. The molecule has 0 unspecified atom stereocenters. The summed E-state index contributed by atoms with van der Waals surface area (Å²) in [6, 6.07) is 88.3. The van der Waals surface area contributed by atoms with Crippen molar-refractivity contribution < 1.29 is 4.42 Å². The Labute approximate surface area is 396 Å². The van der Waals surface area contributed by atoms with Crippen LogP contribution in [-0.4, -0.2) is 4.57 Å². The fourth-order valence-corrected chi connectivity index (χ4v) is 11.8. The van der Waals surface area contributed by atoms with Gasteiger partial charge in [-0.3, -0.25) is 0 Å². The molecule has 11 aromatic carbocycles. The van der Waals surface area contributed by atoms with E-state index in [2.05, 4.69) is 252 Å². The smallest absolute Gasteiger partial charge is 0.145 e. The Bertz CT molecular complexity index is 4240. The number of hydrogen-bond donors (Lipinski definition) is 0. The molecule has 0 bridgehead atoms. The Hall–Kier alpha value is -8.70. The van der Waals surface area contributed by atoms with Crippen LogP contribution in [-0.2, 0) is 0 Å². The first kappa shape index (κ1) is 38.6. The minimum atomic E-state index is 0.851. The highest BCUT2D eigenvalue weighted by molar-refractivity contribution is 7.25. The van der Waals surface area contributed by atoms with Crippen LogP contribution in [0.1, 0.15) is 0 Å². The molecule has 3 nitrogen and oxygen atoms in total. The number of nitrogens with zero attached hydrogens (tertiary/aromatic N) is 2. The molecule has 14 aromatic rings. The van der Waals surface area contributed by atoms with Crippen LogP contribution in [0.2, 0.25) is 0 Å². The van der Waals surface area contributed by atoms with Gasteiger partial charge in [-0.05, 0) is 124 Å². The van der Waals surface area contributed by atoms with E-state index in [0.29, 0.717) is 0 Å². The van der Waals surface area contributed by atoms with Crippen LogP contribution in [0.4, 0.5) is 17.1 Å². The fourth-order valence-electron chi connectivity index (χ4n) is 10.7. The molecule has 0 saturated carbocycles. The van der Waals surface area contributed by atoms with Gasteiger partial charge in [0.15, 0.2) is 0 Å². The molecule has 0 atom stereocenters. The van der Waals surface area contributed by atoms with Crippen molar-refractivity contribution in [2.75, 3.05) is 4.90 Å². The lowest BCUT2D eigenvalue weighted by Gasteiger charge is -2.29. The number of fused-ring (bicyclic) bond motifs is 10. The topological polar surface area (TPSA) is 21.3 Å². The van der Waals surface area contributed by atoms with Crippen LogP contribution in [0.3, 0.4) is 0 Å². The fraction of sp³-hybridized carbons (Fsp3) is 0. The number of anilines is 3. The molecule has 0 N–H and O–H groups in total. The van der Waals surface area contributed by atoms with Crippen LogP contribution in [0.15, 0.2) is 247 Å². The highest BCUT2D eigenvalue weighted by Crippen LogP contribution is 2.49. The van der Waals surface area contributed by atoms with Gasteiger partial charge in [-0.1, -0.05) is 158 Å². The lowest BCUT2D eigenvalue weighted by Crippen LogP contribution is -2.12.